The number of halogens is 1. The van der Waals surface area contributed by atoms with Gasteiger partial charge in [0.25, 0.3) is 11.8 Å². The van der Waals surface area contributed by atoms with Crippen molar-refractivity contribution in [1.82, 2.24) is 15.5 Å². The first kappa shape index (κ1) is 21.9. The standard InChI is InChI=1S/C21H24N4O2.HI/c1-3-15-8-4-5-9-16(15)14-24-21(22-2)23-12-13-25-19(26)17-10-6-7-11-18(17)20(25)27;/h4-11H,3,12-14H2,1-2H3,(H2,22,23,24);1H. The number of rotatable bonds is 6. The van der Waals surface area contributed by atoms with E-state index in [2.05, 4.69) is 34.7 Å². The van der Waals surface area contributed by atoms with Crippen LogP contribution in [0, 0.1) is 0 Å². The van der Waals surface area contributed by atoms with Crippen LogP contribution in [0.4, 0.5) is 0 Å². The highest BCUT2D eigenvalue weighted by Gasteiger charge is 2.34. The number of hydrogen-bond acceptors (Lipinski definition) is 3. The first-order chi connectivity index (χ1) is 13.2. The first-order valence-corrected chi connectivity index (χ1v) is 9.12. The number of aryl methyl sites for hydroxylation is 1. The van der Waals surface area contributed by atoms with E-state index in [-0.39, 0.29) is 35.8 Å². The summed E-state index contributed by atoms with van der Waals surface area (Å²) in [5.41, 5.74) is 3.47. The lowest BCUT2D eigenvalue weighted by molar-refractivity contribution is 0.0657. The zero-order valence-corrected chi connectivity index (χ0v) is 18.4. The minimum atomic E-state index is -0.239. The molecule has 0 unspecified atom stereocenters. The third-order valence-corrected chi connectivity index (χ3v) is 4.68. The Balaban J connectivity index is 0.00000280. The molecule has 1 aliphatic heterocycles. The summed E-state index contributed by atoms with van der Waals surface area (Å²) < 4.78 is 0. The minimum Gasteiger partial charge on any atom is -0.355 e. The highest BCUT2D eigenvalue weighted by Crippen LogP contribution is 2.21. The van der Waals surface area contributed by atoms with E-state index in [0.29, 0.717) is 36.7 Å². The summed E-state index contributed by atoms with van der Waals surface area (Å²) in [7, 11) is 1.70. The van der Waals surface area contributed by atoms with Crippen molar-refractivity contribution in [3.63, 3.8) is 0 Å². The van der Waals surface area contributed by atoms with Crippen LogP contribution < -0.4 is 10.6 Å². The van der Waals surface area contributed by atoms with Gasteiger partial charge < -0.3 is 10.6 Å². The second-order valence-electron chi connectivity index (χ2n) is 6.28. The predicted molar refractivity (Wildman–Crippen MR) is 121 cm³/mol. The molecule has 0 spiro atoms. The van der Waals surface area contributed by atoms with Gasteiger partial charge in [0.15, 0.2) is 5.96 Å². The quantitative estimate of drug-likeness (QED) is 0.282. The van der Waals surface area contributed by atoms with Gasteiger partial charge in [0.1, 0.15) is 0 Å². The maximum absolute atomic E-state index is 12.4. The Labute approximate surface area is 182 Å². The summed E-state index contributed by atoms with van der Waals surface area (Å²) in [5.74, 6) is 0.159. The largest absolute Gasteiger partial charge is 0.355 e. The minimum absolute atomic E-state index is 0. The molecular formula is C21H25IN4O2. The molecular weight excluding hydrogens is 467 g/mol. The second kappa shape index (κ2) is 10.2. The van der Waals surface area contributed by atoms with Gasteiger partial charge in [-0.3, -0.25) is 19.5 Å². The Morgan fingerprint density at radius 3 is 2.07 bits per heavy atom. The molecule has 2 aromatic rings. The van der Waals surface area contributed by atoms with Crippen LogP contribution in [0.25, 0.3) is 0 Å². The van der Waals surface area contributed by atoms with Crippen molar-refractivity contribution in [2.45, 2.75) is 19.9 Å². The molecule has 0 atom stereocenters. The van der Waals surface area contributed by atoms with Crippen molar-refractivity contribution in [1.29, 1.82) is 0 Å². The van der Waals surface area contributed by atoms with Crippen molar-refractivity contribution >= 4 is 41.8 Å². The van der Waals surface area contributed by atoms with Crippen molar-refractivity contribution in [3.05, 3.63) is 70.8 Å². The number of amides is 2. The van der Waals surface area contributed by atoms with Gasteiger partial charge in [0, 0.05) is 26.7 Å². The number of guanidine groups is 1. The fourth-order valence-electron chi connectivity index (χ4n) is 3.20. The smallest absolute Gasteiger partial charge is 0.261 e. The molecule has 0 bridgehead atoms. The maximum atomic E-state index is 12.4. The number of carbonyl (C=O) groups is 2. The SMILES string of the molecule is CCc1ccccc1CNC(=NC)NCCN1C(=O)c2ccccc2C1=O.I. The molecule has 7 heteroatoms. The number of benzene rings is 2. The van der Waals surface area contributed by atoms with Gasteiger partial charge in [-0.1, -0.05) is 43.3 Å². The van der Waals surface area contributed by atoms with Gasteiger partial charge >= 0.3 is 0 Å². The third kappa shape index (κ3) is 4.70. The number of imide groups is 1. The van der Waals surface area contributed by atoms with Crippen molar-refractivity contribution in [2.24, 2.45) is 4.99 Å². The van der Waals surface area contributed by atoms with E-state index in [1.165, 1.54) is 16.0 Å². The first-order valence-electron chi connectivity index (χ1n) is 9.12. The Morgan fingerprint density at radius 1 is 0.929 bits per heavy atom. The van der Waals surface area contributed by atoms with E-state index in [1.54, 1.807) is 31.3 Å². The summed E-state index contributed by atoms with van der Waals surface area (Å²) >= 11 is 0. The molecule has 0 saturated carbocycles. The zero-order valence-electron chi connectivity index (χ0n) is 16.1. The lowest BCUT2D eigenvalue weighted by Gasteiger charge is -2.17. The third-order valence-electron chi connectivity index (χ3n) is 4.68. The van der Waals surface area contributed by atoms with Crippen LogP contribution in [0.5, 0.6) is 0 Å². The van der Waals surface area contributed by atoms with Crippen LogP contribution in [-0.2, 0) is 13.0 Å². The number of aliphatic imine (C=N–C) groups is 1. The zero-order chi connectivity index (χ0) is 19.2. The topological polar surface area (TPSA) is 73.8 Å². The monoisotopic (exact) mass is 492 g/mol. The maximum Gasteiger partial charge on any atom is 0.261 e. The van der Waals surface area contributed by atoms with Gasteiger partial charge in [-0.25, -0.2) is 0 Å². The van der Waals surface area contributed by atoms with E-state index in [0.717, 1.165) is 6.42 Å². The van der Waals surface area contributed by atoms with E-state index >= 15 is 0 Å². The van der Waals surface area contributed by atoms with Crippen molar-refractivity contribution < 1.29 is 9.59 Å². The molecule has 1 aliphatic rings. The fourth-order valence-corrected chi connectivity index (χ4v) is 3.20. The molecule has 148 valence electrons. The molecule has 2 amide bonds. The van der Waals surface area contributed by atoms with E-state index < -0.39 is 0 Å². The van der Waals surface area contributed by atoms with Crippen LogP contribution in [-0.4, -0.2) is 42.8 Å². The van der Waals surface area contributed by atoms with Crippen LogP contribution in [0.1, 0.15) is 38.8 Å². The fraction of sp³-hybridized carbons (Fsp3) is 0.286. The summed E-state index contributed by atoms with van der Waals surface area (Å²) in [6, 6.07) is 15.2. The van der Waals surface area contributed by atoms with Gasteiger partial charge in [-0.05, 0) is 29.7 Å². The van der Waals surface area contributed by atoms with E-state index in [1.807, 2.05) is 12.1 Å². The number of fused-ring (bicyclic) bond motifs is 1. The Bertz CT molecular complexity index is 847. The molecule has 0 radical (unpaired) electrons. The molecule has 0 aliphatic carbocycles. The van der Waals surface area contributed by atoms with Gasteiger partial charge in [-0.15, -0.1) is 24.0 Å². The normalized spacial score (nSPS) is 13.2. The Hall–Kier alpha value is -2.42. The number of hydrogen-bond donors (Lipinski definition) is 2. The lowest BCUT2D eigenvalue weighted by Crippen LogP contribution is -2.42. The number of nitrogens with zero attached hydrogens (tertiary/aromatic N) is 2. The number of nitrogens with one attached hydrogen (secondary N) is 2. The molecule has 28 heavy (non-hydrogen) atoms. The highest BCUT2D eigenvalue weighted by molar-refractivity contribution is 14.0. The van der Waals surface area contributed by atoms with Gasteiger partial charge in [-0.2, -0.15) is 0 Å². The molecule has 2 N–H and O–H groups in total. The van der Waals surface area contributed by atoms with Gasteiger partial charge in [0.2, 0.25) is 0 Å². The highest BCUT2D eigenvalue weighted by atomic mass is 127. The van der Waals surface area contributed by atoms with Crippen LogP contribution in [0.2, 0.25) is 0 Å². The molecule has 0 fully saturated rings. The summed E-state index contributed by atoms with van der Waals surface area (Å²) in [6.07, 6.45) is 0.976. The Kier molecular flexibility index (Phi) is 7.98. The molecule has 1 heterocycles. The average Bonchev–Trinajstić information content (AvgIpc) is 2.95. The summed E-state index contributed by atoms with van der Waals surface area (Å²) in [4.78, 5) is 30.2. The number of carbonyl (C=O) groups excluding carboxylic acids is 2. The van der Waals surface area contributed by atoms with Gasteiger partial charge in [0.05, 0.1) is 11.1 Å². The molecule has 6 nitrogen and oxygen atoms in total. The predicted octanol–water partition coefficient (Wildman–Crippen LogP) is 2.83. The van der Waals surface area contributed by atoms with Crippen molar-refractivity contribution in [2.75, 3.05) is 20.1 Å². The van der Waals surface area contributed by atoms with E-state index in [4.69, 9.17) is 0 Å². The summed E-state index contributed by atoms with van der Waals surface area (Å²) in [5, 5.41) is 6.44. The Morgan fingerprint density at radius 2 is 1.50 bits per heavy atom. The van der Waals surface area contributed by atoms with Crippen LogP contribution >= 0.6 is 24.0 Å². The molecule has 0 saturated heterocycles. The molecule has 2 aromatic carbocycles. The van der Waals surface area contributed by atoms with Crippen LogP contribution in [0.15, 0.2) is 53.5 Å². The second-order valence-corrected chi connectivity index (χ2v) is 6.28. The van der Waals surface area contributed by atoms with Crippen molar-refractivity contribution in [3.8, 4) is 0 Å². The molecule has 0 aromatic heterocycles. The molecule has 3 rings (SSSR count). The van der Waals surface area contributed by atoms with Crippen LogP contribution in [0.3, 0.4) is 0 Å². The summed E-state index contributed by atoms with van der Waals surface area (Å²) in [6.45, 7) is 3.52. The van der Waals surface area contributed by atoms with E-state index in [9.17, 15) is 9.59 Å². The average molecular weight is 492 g/mol. The lowest BCUT2D eigenvalue weighted by atomic mass is 10.1.